The zero-order chi connectivity index (χ0) is 18.9. The summed E-state index contributed by atoms with van der Waals surface area (Å²) in [6, 6.07) is 7.03. The quantitative estimate of drug-likeness (QED) is 0.659. The average Bonchev–Trinajstić information content (AvgIpc) is 3.20. The summed E-state index contributed by atoms with van der Waals surface area (Å²) in [4.78, 5) is 20.9. The monoisotopic (exact) mass is 389 g/mol. The zero-order valence-electron chi connectivity index (χ0n) is 15.2. The number of thioether (sulfide) groups is 1. The molecule has 1 fully saturated rings. The molecule has 1 atom stereocenters. The number of nitrogens with zero attached hydrogens (tertiary/aromatic N) is 2. The van der Waals surface area contributed by atoms with Crippen molar-refractivity contribution in [3.05, 3.63) is 47.8 Å². The van der Waals surface area contributed by atoms with Gasteiger partial charge >= 0.3 is 0 Å². The lowest BCUT2D eigenvalue weighted by atomic mass is 10.2. The van der Waals surface area contributed by atoms with Crippen molar-refractivity contribution in [1.29, 1.82) is 0 Å². The molecule has 1 saturated heterocycles. The maximum atomic E-state index is 12.5. The third kappa shape index (κ3) is 5.83. The highest BCUT2D eigenvalue weighted by molar-refractivity contribution is 7.99. The summed E-state index contributed by atoms with van der Waals surface area (Å²) in [7, 11) is 1.61. The van der Waals surface area contributed by atoms with E-state index in [1.165, 1.54) is 0 Å². The molecule has 7 nitrogen and oxygen atoms in total. The molecule has 0 aliphatic carbocycles. The van der Waals surface area contributed by atoms with Gasteiger partial charge in [0.1, 0.15) is 12.7 Å². The molecule has 0 aromatic carbocycles. The highest BCUT2D eigenvalue weighted by atomic mass is 32.2. The minimum atomic E-state index is -0.199. The van der Waals surface area contributed by atoms with Gasteiger partial charge in [0.25, 0.3) is 5.91 Å². The van der Waals surface area contributed by atoms with Gasteiger partial charge in [-0.2, -0.15) is 11.8 Å². The van der Waals surface area contributed by atoms with Crippen LogP contribution in [0.1, 0.15) is 22.3 Å². The molecular formula is C19H23N3O4S. The van der Waals surface area contributed by atoms with Crippen LogP contribution in [0.15, 0.2) is 36.7 Å². The summed E-state index contributed by atoms with van der Waals surface area (Å²) in [6.45, 7) is 1.19. The maximum absolute atomic E-state index is 12.5. The van der Waals surface area contributed by atoms with E-state index in [-0.39, 0.29) is 12.0 Å². The first-order valence-electron chi connectivity index (χ1n) is 8.80. The first kappa shape index (κ1) is 19.4. The molecule has 2 aromatic rings. The lowest BCUT2D eigenvalue weighted by Gasteiger charge is -2.13. The van der Waals surface area contributed by atoms with Gasteiger partial charge in [0, 0.05) is 49.0 Å². The summed E-state index contributed by atoms with van der Waals surface area (Å²) in [5.74, 6) is 2.84. The molecule has 1 unspecified atom stereocenters. The molecule has 3 heterocycles. The van der Waals surface area contributed by atoms with E-state index in [4.69, 9.17) is 14.2 Å². The fourth-order valence-corrected chi connectivity index (χ4v) is 3.67. The minimum Gasteiger partial charge on any atom is -0.475 e. The number of carbonyl (C=O) groups excluding carboxylic acids is 1. The van der Waals surface area contributed by atoms with Crippen LogP contribution in [0, 0.1) is 0 Å². The molecule has 0 saturated carbocycles. The summed E-state index contributed by atoms with van der Waals surface area (Å²) in [6.07, 6.45) is 4.43. The van der Waals surface area contributed by atoms with E-state index >= 15 is 0 Å². The van der Waals surface area contributed by atoms with Crippen LogP contribution in [0.25, 0.3) is 0 Å². The van der Waals surface area contributed by atoms with Gasteiger partial charge in [0.15, 0.2) is 0 Å². The lowest BCUT2D eigenvalue weighted by molar-refractivity contribution is 0.0949. The average molecular weight is 389 g/mol. The Morgan fingerprint density at radius 2 is 2.22 bits per heavy atom. The van der Waals surface area contributed by atoms with Crippen molar-refractivity contribution in [3.63, 3.8) is 0 Å². The predicted molar refractivity (Wildman–Crippen MR) is 103 cm³/mol. The van der Waals surface area contributed by atoms with Gasteiger partial charge in [-0.25, -0.2) is 9.97 Å². The zero-order valence-corrected chi connectivity index (χ0v) is 16.0. The normalized spacial score (nSPS) is 16.1. The van der Waals surface area contributed by atoms with Crippen LogP contribution in [-0.4, -0.2) is 53.8 Å². The summed E-state index contributed by atoms with van der Waals surface area (Å²) < 4.78 is 16.4. The Balaban J connectivity index is 1.58. The van der Waals surface area contributed by atoms with E-state index < -0.39 is 0 Å². The number of ether oxygens (including phenoxy) is 3. The first-order chi connectivity index (χ1) is 13.3. The highest BCUT2D eigenvalue weighted by Gasteiger charge is 2.18. The molecule has 27 heavy (non-hydrogen) atoms. The minimum absolute atomic E-state index is 0.169. The second-order valence-corrected chi connectivity index (χ2v) is 7.13. The Morgan fingerprint density at radius 3 is 3.04 bits per heavy atom. The van der Waals surface area contributed by atoms with Crippen LogP contribution < -0.4 is 14.8 Å². The molecule has 1 N–H and O–H groups in total. The molecule has 0 bridgehead atoms. The second-order valence-electron chi connectivity index (χ2n) is 5.98. The van der Waals surface area contributed by atoms with Gasteiger partial charge in [0.2, 0.25) is 11.8 Å². The molecule has 1 aliphatic heterocycles. The number of aromatic nitrogens is 2. The molecule has 0 spiro atoms. The summed E-state index contributed by atoms with van der Waals surface area (Å²) in [5.41, 5.74) is 1.31. The van der Waals surface area contributed by atoms with Crippen molar-refractivity contribution < 1.29 is 19.0 Å². The second kappa shape index (κ2) is 10.1. The van der Waals surface area contributed by atoms with Crippen molar-refractivity contribution in [2.75, 3.05) is 31.8 Å². The highest BCUT2D eigenvalue weighted by Crippen LogP contribution is 2.22. The van der Waals surface area contributed by atoms with Crippen molar-refractivity contribution in [2.24, 2.45) is 0 Å². The molecule has 1 amide bonds. The van der Waals surface area contributed by atoms with Gasteiger partial charge in [-0.05, 0) is 24.3 Å². The number of hydrogen-bond acceptors (Lipinski definition) is 7. The van der Waals surface area contributed by atoms with Crippen molar-refractivity contribution in [2.45, 2.75) is 19.1 Å². The van der Waals surface area contributed by atoms with Gasteiger partial charge in [-0.15, -0.1) is 0 Å². The largest absolute Gasteiger partial charge is 0.475 e. The Kier molecular flexibility index (Phi) is 7.29. The van der Waals surface area contributed by atoms with Crippen LogP contribution in [-0.2, 0) is 11.3 Å². The van der Waals surface area contributed by atoms with Gasteiger partial charge < -0.3 is 19.5 Å². The van der Waals surface area contributed by atoms with Crippen molar-refractivity contribution >= 4 is 17.7 Å². The van der Waals surface area contributed by atoms with E-state index in [0.717, 1.165) is 23.5 Å². The third-order valence-corrected chi connectivity index (χ3v) is 5.12. The Labute approximate surface area is 162 Å². The number of hydrogen-bond donors (Lipinski definition) is 1. The van der Waals surface area contributed by atoms with E-state index in [0.29, 0.717) is 37.1 Å². The molecule has 0 radical (unpaired) electrons. The maximum Gasteiger partial charge on any atom is 0.251 e. The molecule has 3 rings (SSSR count). The van der Waals surface area contributed by atoms with Crippen LogP contribution in [0.5, 0.6) is 11.8 Å². The smallest absolute Gasteiger partial charge is 0.251 e. The van der Waals surface area contributed by atoms with E-state index in [1.54, 1.807) is 31.6 Å². The fourth-order valence-electron chi connectivity index (χ4n) is 2.58. The summed E-state index contributed by atoms with van der Waals surface area (Å²) in [5, 5.41) is 2.89. The van der Waals surface area contributed by atoms with Crippen molar-refractivity contribution in [3.8, 4) is 11.8 Å². The molecule has 8 heteroatoms. The standard InChI is InChI=1S/C19H23N3O4S/c1-24-8-9-25-19-15(3-2-6-21-19)12-22-18(23)14-4-7-20-17(11-14)26-16-5-10-27-13-16/h2-4,6-7,11,16H,5,8-10,12-13H2,1H3,(H,22,23). The predicted octanol–water partition coefficient (Wildman–Crippen LogP) is 2.32. The Morgan fingerprint density at radius 1 is 1.30 bits per heavy atom. The van der Waals surface area contributed by atoms with Crippen LogP contribution >= 0.6 is 11.8 Å². The number of carbonyl (C=O) groups is 1. The Hall–Kier alpha value is -2.32. The number of amides is 1. The lowest BCUT2D eigenvalue weighted by Crippen LogP contribution is -2.24. The molecule has 144 valence electrons. The molecular weight excluding hydrogens is 366 g/mol. The van der Waals surface area contributed by atoms with E-state index in [2.05, 4.69) is 15.3 Å². The summed E-state index contributed by atoms with van der Waals surface area (Å²) >= 11 is 1.87. The third-order valence-electron chi connectivity index (χ3n) is 3.99. The van der Waals surface area contributed by atoms with Gasteiger partial charge in [-0.1, -0.05) is 6.07 Å². The van der Waals surface area contributed by atoms with Gasteiger partial charge in [-0.3, -0.25) is 4.79 Å². The van der Waals surface area contributed by atoms with E-state index in [9.17, 15) is 4.79 Å². The van der Waals surface area contributed by atoms with Crippen LogP contribution in [0.2, 0.25) is 0 Å². The van der Waals surface area contributed by atoms with Crippen LogP contribution in [0.3, 0.4) is 0 Å². The first-order valence-corrected chi connectivity index (χ1v) is 9.96. The molecule has 2 aromatic heterocycles. The number of pyridine rings is 2. The number of methoxy groups -OCH3 is 1. The molecule has 1 aliphatic rings. The number of nitrogens with one attached hydrogen (secondary N) is 1. The SMILES string of the molecule is COCCOc1ncccc1CNC(=O)c1ccnc(OC2CCSC2)c1. The number of rotatable bonds is 9. The van der Waals surface area contributed by atoms with E-state index in [1.807, 2.05) is 23.9 Å². The van der Waals surface area contributed by atoms with Crippen LogP contribution in [0.4, 0.5) is 0 Å². The van der Waals surface area contributed by atoms with Crippen molar-refractivity contribution in [1.82, 2.24) is 15.3 Å². The van der Waals surface area contributed by atoms with Gasteiger partial charge in [0.05, 0.1) is 6.61 Å². The Bertz CT molecular complexity index is 753. The fraction of sp³-hybridized carbons (Fsp3) is 0.421. The topological polar surface area (TPSA) is 82.6 Å².